The van der Waals surface area contributed by atoms with Crippen LogP contribution in [0.15, 0.2) is 29.3 Å². The molecule has 0 spiro atoms. The highest BCUT2D eigenvalue weighted by Crippen LogP contribution is 2.09. The Morgan fingerprint density at radius 3 is 2.76 bits per heavy atom. The van der Waals surface area contributed by atoms with Crippen LogP contribution in [-0.2, 0) is 0 Å². The van der Waals surface area contributed by atoms with Gasteiger partial charge < -0.3 is 16.0 Å². The van der Waals surface area contributed by atoms with Crippen molar-refractivity contribution in [1.82, 2.24) is 4.90 Å². The summed E-state index contributed by atoms with van der Waals surface area (Å²) in [5, 5.41) is 3.18. The molecular formula is C15H24FIN4. The third-order valence-electron chi connectivity index (χ3n) is 3.44. The van der Waals surface area contributed by atoms with Crippen LogP contribution in [0, 0.1) is 5.82 Å². The van der Waals surface area contributed by atoms with Crippen molar-refractivity contribution in [2.45, 2.75) is 25.7 Å². The highest BCUT2D eigenvalue weighted by Gasteiger charge is 2.11. The summed E-state index contributed by atoms with van der Waals surface area (Å²) in [6.07, 6.45) is 4.58. The lowest BCUT2D eigenvalue weighted by molar-refractivity contribution is 0.338. The van der Waals surface area contributed by atoms with E-state index in [1.165, 1.54) is 31.4 Å². The molecule has 3 N–H and O–H groups in total. The summed E-state index contributed by atoms with van der Waals surface area (Å²) in [6, 6.07) is 6.48. The van der Waals surface area contributed by atoms with Crippen molar-refractivity contribution in [1.29, 1.82) is 0 Å². The molecule has 4 nitrogen and oxygen atoms in total. The lowest BCUT2D eigenvalue weighted by Crippen LogP contribution is -2.40. The fourth-order valence-corrected chi connectivity index (χ4v) is 2.33. The zero-order valence-corrected chi connectivity index (χ0v) is 14.6. The molecule has 1 saturated heterocycles. The van der Waals surface area contributed by atoms with E-state index in [1.54, 1.807) is 6.07 Å². The number of halogens is 2. The molecular weight excluding hydrogens is 382 g/mol. The molecule has 0 unspecified atom stereocenters. The molecule has 0 radical (unpaired) electrons. The minimum absolute atomic E-state index is 0. The quantitative estimate of drug-likeness (QED) is 0.342. The van der Waals surface area contributed by atoms with Gasteiger partial charge in [-0.2, -0.15) is 0 Å². The van der Waals surface area contributed by atoms with Crippen LogP contribution >= 0.6 is 24.0 Å². The number of nitrogens with one attached hydrogen (secondary N) is 1. The molecule has 1 fully saturated rings. The molecule has 0 amide bonds. The molecule has 0 saturated carbocycles. The van der Waals surface area contributed by atoms with Gasteiger partial charge in [-0.3, -0.25) is 4.99 Å². The summed E-state index contributed by atoms with van der Waals surface area (Å²) in [6.45, 7) is 3.51. The van der Waals surface area contributed by atoms with E-state index in [0.29, 0.717) is 12.5 Å². The Morgan fingerprint density at radius 1 is 1.29 bits per heavy atom. The van der Waals surface area contributed by atoms with Crippen molar-refractivity contribution in [3.05, 3.63) is 30.1 Å². The normalized spacial score (nSPS) is 15.5. The SMILES string of the molecule is I.NC(=NCCCNc1cccc(F)c1)N1CCCCC1. The predicted molar refractivity (Wildman–Crippen MR) is 96.8 cm³/mol. The number of nitrogens with two attached hydrogens (primary N) is 1. The summed E-state index contributed by atoms with van der Waals surface area (Å²) in [7, 11) is 0. The minimum Gasteiger partial charge on any atom is -0.385 e. The number of rotatable bonds is 5. The highest BCUT2D eigenvalue weighted by molar-refractivity contribution is 14.0. The van der Waals surface area contributed by atoms with Gasteiger partial charge in [0.25, 0.3) is 0 Å². The first-order valence-electron chi connectivity index (χ1n) is 7.30. The molecule has 1 aromatic carbocycles. The lowest BCUT2D eigenvalue weighted by atomic mass is 10.1. The Balaban J connectivity index is 0.00000220. The highest BCUT2D eigenvalue weighted by atomic mass is 127. The maximum Gasteiger partial charge on any atom is 0.191 e. The fourth-order valence-electron chi connectivity index (χ4n) is 2.33. The van der Waals surface area contributed by atoms with E-state index in [9.17, 15) is 4.39 Å². The molecule has 1 aliphatic rings. The molecule has 21 heavy (non-hydrogen) atoms. The second kappa shape index (κ2) is 9.81. The third-order valence-corrected chi connectivity index (χ3v) is 3.44. The smallest absolute Gasteiger partial charge is 0.191 e. The van der Waals surface area contributed by atoms with E-state index < -0.39 is 0 Å². The number of hydrogen-bond donors (Lipinski definition) is 2. The monoisotopic (exact) mass is 406 g/mol. The van der Waals surface area contributed by atoms with Crippen molar-refractivity contribution in [2.75, 3.05) is 31.5 Å². The Hall–Kier alpha value is -1.05. The van der Waals surface area contributed by atoms with Crippen LogP contribution in [0.25, 0.3) is 0 Å². The molecule has 1 aliphatic heterocycles. The van der Waals surface area contributed by atoms with Gasteiger partial charge in [-0.25, -0.2) is 4.39 Å². The maximum atomic E-state index is 13.0. The van der Waals surface area contributed by atoms with E-state index in [4.69, 9.17) is 5.73 Å². The number of hydrogen-bond acceptors (Lipinski definition) is 2. The van der Waals surface area contributed by atoms with Crippen molar-refractivity contribution >= 4 is 35.6 Å². The molecule has 0 aliphatic carbocycles. The second-order valence-corrected chi connectivity index (χ2v) is 5.08. The second-order valence-electron chi connectivity index (χ2n) is 5.08. The topological polar surface area (TPSA) is 53.6 Å². The van der Waals surface area contributed by atoms with Gasteiger partial charge in [0.1, 0.15) is 5.82 Å². The van der Waals surface area contributed by atoms with Crippen molar-refractivity contribution in [2.24, 2.45) is 10.7 Å². The fraction of sp³-hybridized carbons (Fsp3) is 0.533. The first kappa shape index (κ1) is 18.0. The predicted octanol–water partition coefficient (Wildman–Crippen LogP) is 3.05. The van der Waals surface area contributed by atoms with Crippen LogP contribution in [0.2, 0.25) is 0 Å². The van der Waals surface area contributed by atoms with Crippen LogP contribution in [0.1, 0.15) is 25.7 Å². The number of likely N-dealkylation sites (tertiary alicyclic amines) is 1. The first-order chi connectivity index (χ1) is 9.75. The Kier molecular flexibility index (Phi) is 8.41. The molecule has 118 valence electrons. The number of benzene rings is 1. The molecule has 0 aromatic heterocycles. The average molecular weight is 406 g/mol. The molecule has 1 aromatic rings. The van der Waals surface area contributed by atoms with Crippen LogP contribution in [-0.4, -0.2) is 37.0 Å². The number of guanidine groups is 1. The van der Waals surface area contributed by atoms with Gasteiger partial charge in [-0.15, -0.1) is 24.0 Å². The molecule has 1 heterocycles. The van der Waals surface area contributed by atoms with Gasteiger partial charge in [-0.05, 0) is 43.9 Å². The summed E-state index contributed by atoms with van der Waals surface area (Å²) in [5.74, 6) is 0.442. The largest absolute Gasteiger partial charge is 0.385 e. The van der Waals surface area contributed by atoms with E-state index in [1.807, 2.05) is 6.07 Å². The van der Waals surface area contributed by atoms with Crippen molar-refractivity contribution in [3.63, 3.8) is 0 Å². The average Bonchev–Trinajstić information content (AvgIpc) is 2.48. The Morgan fingerprint density at radius 2 is 2.05 bits per heavy atom. The van der Waals surface area contributed by atoms with Crippen molar-refractivity contribution < 1.29 is 4.39 Å². The summed E-state index contributed by atoms with van der Waals surface area (Å²) in [5.41, 5.74) is 6.77. The molecule has 0 bridgehead atoms. The van der Waals surface area contributed by atoms with E-state index in [2.05, 4.69) is 15.2 Å². The van der Waals surface area contributed by atoms with Crippen LogP contribution in [0.5, 0.6) is 0 Å². The minimum atomic E-state index is -0.220. The number of nitrogens with zero attached hydrogens (tertiary/aromatic N) is 2. The Bertz CT molecular complexity index is 447. The number of piperidine rings is 1. The van der Waals surface area contributed by atoms with Gasteiger partial charge in [0, 0.05) is 31.9 Å². The first-order valence-corrected chi connectivity index (χ1v) is 7.30. The van der Waals surface area contributed by atoms with Gasteiger partial charge in [-0.1, -0.05) is 6.07 Å². The standard InChI is InChI=1S/C15H23FN4.HI/c16-13-6-4-7-14(12-13)18-8-5-9-19-15(17)20-10-2-1-3-11-20;/h4,6-7,12,18H,1-3,5,8-11H2,(H2,17,19);1H. The zero-order valence-electron chi connectivity index (χ0n) is 12.2. The van der Waals surface area contributed by atoms with Gasteiger partial charge in [0.05, 0.1) is 0 Å². The van der Waals surface area contributed by atoms with Gasteiger partial charge in [0.2, 0.25) is 0 Å². The Labute approximate surface area is 143 Å². The van der Waals surface area contributed by atoms with Gasteiger partial charge in [0.15, 0.2) is 5.96 Å². The molecule has 2 rings (SSSR count). The lowest BCUT2D eigenvalue weighted by Gasteiger charge is -2.27. The van der Waals surface area contributed by atoms with E-state index in [0.717, 1.165) is 31.7 Å². The van der Waals surface area contributed by atoms with Gasteiger partial charge >= 0.3 is 0 Å². The molecule has 0 atom stereocenters. The van der Waals surface area contributed by atoms with Crippen molar-refractivity contribution in [3.8, 4) is 0 Å². The van der Waals surface area contributed by atoms with Crippen LogP contribution in [0.4, 0.5) is 10.1 Å². The van der Waals surface area contributed by atoms with Crippen LogP contribution in [0.3, 0.4) is 0 Å². The summed E-state index contributed by atoms with van der Waals surface area (Å²) >= 11 is 0. The number of anilines is 1. The van der Waals surface area contributed by atoms with E-state index in [-0.39, 0.29) is 29.8 Å². The van der Waals surface area contributed by atoms with Crippen LogP contribution < -0.4 is 11.1 Å². The summed E-state index contributed by atoms with van der Waals surface area (Å²) < 4.78 is 13.0. The summed E-state index contributed by atoms with van der Waals surface area (Å²) in [4.78, 5) is 6.56. The number of aliphatic imine (C=N–C) groups is 1. The maximum absolute atomic E-state index is 13.0. The zero-order chi connectivity index (χ0) is 14.2. The molecule has 6 heteroatoms. The third kappa shape index (κ3) is 6.50. The van der Waals surface area contributed by atoms with E-state index >= 15 is 0 Å².